The van der Waals surface area contributed by atoms with Crippen LogP contribution in [-0.2, 0) is 30.0 Å². The minimum atomic E-state index is -3.66. The first-order valence-corrected chi connectivity index (χ1v) is 8.62. The van der Waals surface area contributed by atoms with Gasteiger partial charge in [0.25, 0.3) is 0 Å². The molecule has 0 radical (unpaired) electrons. The van der Waals surface area contributed by atoms with Crippen LogP contribution in [0.2, 0.25) is 0 Å². The van der Waals surface area contributed by atoms with Crippen LogP contribution in [0.15, 0.2) is 29.4 Å². The van der Waals surface area contributed by atoms with E-state index in [0.29, 0.717) is 25.3 Å². The molecule has 0 spiro atoms. The van der Waals surface area contributed by atoms with Gasteiger partial charge in [-0.3, -0.25) is 0 Å². The standard InChI is InChI=1S/C15H19N3O4S/c1-17-10-16-12-6-7-18(9-13(12)17)23(19,20)15-5-4-11(21-2)8-14(15)22-3/h4-5,8,10H,6-7,9H2,1-3H3. The van der Waals surface area contributed by atoms with Gasteiger partial charge in [0.2, 0.25) is 10.0 Å². The summed E-state index contributed by atoms with van der Waals surface area (Å²) in [5.74, 6) is 0.827. The van der Waals surface area contributed by atoms with Crippen molar-refractivity contribution in [2.75, 3.05) is 20.8 Å². The third-order valence-electron chi connectivity index (χ3n) is 4.06. The monoisotopic (exact) mass is 337 g/mol. The largest absolute Gasteiger partial charge is 0.497 e. The Balaban J connectivity index is 1.98. The second-order valence-corrected chi connectivity index (χ2v) is 7.26. The molecule has 23 heavy (non-hydrogen) atoms. The highest BCUT2D eigenvalue weighted by atomic mass is 32.2. The third-order valence-corrected chi connectivity index (χ3v) is 5.94. The molecule has 8 heteroatoms. The molecule has 3 rings (SSSR count). The molecule has 124 valence electrons. The molecule has 0 fully saturated rings. The molecule has 0 bridgehead atoms. The van der Waals surface area contributed by atoms with Crippen LogP contribution in [0.5, 0.6) is 11.5 Å². The van der Waals surface area contributed by atoms with Crippen molar-refractivity contribution in [3.8, 4) is 11.5 Å². The molecule has 0 saturated carbocycles. The van der Waals surface area contributed by atoms with Gasteiger partial charge in [-0.1, -0.05) is 0 Å². The first kappa shape index (κ1) is 15.8. The number of nitrogens with zero attached hydrogens (tertiary/aromatic N) is 3. The highest BCUT2D eigenvalue weighted by Crippen LogP contribution is 2.32. The number of hydrogen-bond donors (Lipinski definition) is 0. The van der Waals surface area contributed by atoms with E-state index in [0.717, 1.165) is 11.4 Å². The van der Waals surface area contributed by atoms with Crippen molar-refractivity contribution in [1.29, 1.82) is 0 Å². The van der Waals surface area contributed by atoms with Gasteiger partial charge in [0.05, 0.1) is 38.5 Å². The molecular formula is C15H19N3O4S. The number of methoxy groups -OCH3 is 2. The van der Waals surface area contributed by atoms with Crippen LogP contribution < -0.4 is 9.47 Å². The number of ether oxygens (including phenoxy) is 2. The van der Waals surface area contributed by atoms with E-state index in [4.69, 9.17) is 9.47 Å². The summed E-state index contributed by atoms with van der Waals surface area (Å²) >= 11 is 0. The molecule has 0 aliphatic carbocycles. The Labute approximate surface area is 135 Å². The van der Waals surface area contributed by atoms with E-state index >= 15 is 0 Å². The molecular weight excluding hydrogens is 318 g/mol. The van der Waals surface area contributed by atoms with Gasteiger partial charge in [0.15, 0.2) is 0 Å². The number of aromatic nitrogens is 2. The predicted octanol–water partition coefficient (Wildman–Crippen LogP) is 1.18. The average Bonchev–Trinajstić information content (AvgIpc) is 2.94. The fourth-order valence-electron chi connectivity index (χ4n) is 2.72. The van der Waals surface area contributed by atoms with Gasteiger partial charge in [0.1, 0.15) is 16.4 Å². The van der Waals surface area contributed by atoms with Gasteiger partial charge in [-0.05, 0) is 12.1 Å². The van der Waals surface area contributed by atoms with Crippen LogP contribution in [0, 0.1) is 0 Å². The second-order valence-electron chi connectivity index (χ2n) is 5.35. The van der Waals surface area contributed by atoms with Gasteiger partial charge in [-0.25, -0.2) is 13.4 Å². The van der Waals surface area contributed by atoms with E-state index in [2.05, 4.69) is 4.98 Å². The van der Waals surface area contributed by atoms with E-state index < -0.39 is 10.0 Å². The van der Waals surface area contributed by atoms with Gasteiger partial charge >= 0.3 is 0 Å². The van der Waals surface area contributed by atoms with E-state index in [1.165, 1.54) is 24.6 Å². The van der Waals surface area contributed by atoms with Crippen molar-refractivity contribution in [3.63, 3.8) is 0 Å². The zero-order valence-corrected chi connectivity index (χ0v) is 14.1. The van der Waals surface area contributed by atoms with Crippen molar-refractivity contribution >= 4 is 10.0 Å². The molecule has 1 aromatic heterocycles. The lowest BCUT2D eigenvalue weighted by atomic mass is 10.2. The lowest BCUT2D eigenvalue weighted by molar-refractivity contribution is 0.367. The molecule has 2 heterocycles. The first-order chi connectivity index (χ1) is 11.0. The lowest BCUT2D eigenvalue weighted by Gasteiger charge is -2.27. The summed E-state index contributed by atoms with van der Waals surface area (Å²) in [6.45, 7) is 0.713. The maximum Gasteiger partial charge on any atom is 0.247 e. The number of fused-ring (bicyclic) bond motifs is 1. The summed E-state index contributed by atoms with van der Waals surface area (Å²) in [7, 11) is 1.19. The summed E-state index contributed by atoms with van der Waals surface area (Å²) in [5.41, 5.74) is 1.88. The van der Waals surface area contributed by atoms with Crippen LogP contribution in [0.4, 0.5) is 0 Å². The minimum absolute atomic E-state index is 0.145. The summed E-state index contributed by atoms with van der Waals surface area (Å²) in [5, 5.41) is 0. The lowest BCUT2D eigenvalue weighted by Crippen LogP contribution is -2.36. The van der Waals surface area contributed by atoms with Crippen LogP contribution in [0.25, 0.3) is 0 Å². The van der Waals surface area contributed by atoms with Crippen molar-refractivity contribution in [2.45, 2.75) is 17.9 Å². The van der Waals surface area contributed by atoms with E-state index in [9.17, 15) is 8.42 Å². The van der Waals surface area contributed by atoms with Gasteiger partial charge in [-0.2, -0.15) is 4.31 Å². The Hall–Kier alpha value is -2.06. The molecule has 1 aliphatic heterocycles. The van der Waals surface area contributed by atoms with E-state index in [1.54, 1.807) is 18.5 Å². The summed E-state index contributed by atoms with van der Waals surface area (Å²) < 4.78 is 39.7. The molecule has 0 atom stereocenters. The Kier molecular flexibility index (Phi) is 4.03. The molecule has 1 aromatic carbocycles. The highest BCUT2D eigenvalue weighted by Gasteiger charge is 2.32. The topological polar surface area (TPSA) is 73.7 Å². The SMILES string of the molecule is COc1ccc(S(=O)(=O)N2CCc3ncn(C)c3C2)c(OC)c1. The van der Waals surface area contributed by atoms with Crippen LogP contribution >= 0.6 is 0 Å². The summed E-state index contributed by atoms with van der Waals surface area (Å²) in [4.78, 5) is 4.45. The van der Waals surface area contributed by atoms with Crippen molar-refractivity contribution in [3.05, 3.63) is 35.9 Å². The molecule has 0 amide bonds. The smallest absolute Gasteiger partial charge is 0.247 e. The van der Waals surface area contributed by atoms with Crippen LogP contribution in [0.3, 0.4) is 0 Å². The molecule has 1 aliphatic rings. The Morgan fingerprint density at radius 2 is 2.00 bits per heavy atom. The Bertz CT molecular complexity index is 829. The van der Waals surface area contributed by atoms with Gasteiger partial charge < -0.3 is 14.0 Å². The number of rotatable bonds is 4. The second kappa shape index (κ2) is 5.86. The fourth-order valence-corrected chi connectivity index (χ4v) is 4.26. The Morgan fingerprint density at radius 3 is 2.70 bits per heavy atom. The van der Waals surface area contributed by atoms with E-state index in [-0.39, 0.29) is 10.6 Å². The van der Waals surface area contributed by atoms with Crippen molar-refractivity contribution < 1.29 is 17.9 Å². The van der Waals surface area contributed by atoms with Crippen LogP contribution in [-0.4, -0.2) is 43.0 Å². The summed E-state index contributed by atoms with van der Waals surface area (Å²) in [6.07, 6.45) is 2.32. The number of imidazole rings is 1. The molecule has 0 unspecified atom stereocenters. The van der Waals surface area contributed by atoms with Gasteiger partial charge in [-0.15, -0.1) is 0 Å². The number of sulfonamides is 1. The Morgan fingerprint density at radius 1 is 1.22 bits per heavy atom. The number of benzene rings is 1. The molecule has 2 aromatic rings. The molecule has 0 N–H and O–H groups in total. The normalized spacial score (nSPS) is 15.3. The third kappa shape index (κ3) is 2.68. The maximum atomic E-state index is 13.0. The fraction of sp³-hybridized carbons (Fsp3) is 0.400. The van der Waals surface area contributed by atoms with Crippen LogP contribution in [0.1, 0.15) is 11.4 Å². The first-order valence-electron chi connectivity index (χ1n) is 7.18. The van der Waals surface area contributed by atoms with Crippen molar-refractivity contribution in [2.24, 2.45) is 7.05 Å². The van der Waals surface area contributed by atoms with E-state index in [1.807, 2.05) is 11.6 Å². The zero-order chi connectivity index (χ0) is 16.6. The minimum Gasteiger partial charge on any atom is -0.497 e. The summed E-state index contributed by atoms with van der Waals surface area (Å²) in [6, 6.07) is 4.72. The molecule has 7 nitrogen and oxygen atoms in total. The van der Waals surface area contributed by atoms with Crippen molar-refractivity contribution in [1.82, 2.24) is 13.9 Å². The number of hydrogen-bond acceptors (Lipinski definition) is 5. The predicted molar refractivity (Wildman–Crippen MR) is 84.1 cm³/mol. The number of aryl methyl sites for hydroxylation is 1. The average molecular weight is 337 g/mol. The quantitative estimate of drug-likeness (QED) is 0.838. The molecule has 0 saturated heterocycles. The van der Waals surface area contributed by atoms with Gasteiger partial charge in [0, 0.05) is 26.1 Å². The maximum absolute atomic E-state index is 13.0. The zero-order valence-electron chi connectivity index (χ0n) is 13.3. The highest BCUT2D eigenvalue weighted by molar-refractivity contribution is 7.89.